The van der Waals surface area contributed by atoms with Crippen LogP contribution in [0.2, 0.25) is 0 Å². The average Bonchev–Trinajstić information content (AvgIpc) is 2.67. The molecular weight excluding hydrogens is 216 g/mol. The Bertz CT molecular complexity index is 366. The first-order chi connectivity index (χ1) is 7.18. The van der Waals surface area contributed by atoms with Gasteiger partial charge in [0.2, 0.25) is 0 Å². The van der Waals surface area contributed by atoms with Gasteiger partial charge in [0.05, 0.1) is 4.92 Å². The van der Waals surface area contributed by atoms with E-state index < -0.39 is 0 Å². The van der Waals surface area contributed by atoms with E-state index in [1.807, 2.05) is 0 Å². The van der Waals surface area contributed by atoms with Crippen LogP contribution in [0.3, 0.4) is 0 Å². The van der Waals surface area contributed by atoms with E-state index in [2.05, 4.69) is 0 Å². The van der Waals surface area contributed by atoms with Gasteiger partial charge in [0.1, 0.15) is 6.10 Å². The topological polar surface area (TPSA) is 78.4 Å². The molecule has 2 rings (SSSR count). The standard InChI is InChI=1S/C9H12N2O3S/c10-6-2-1-5-14-9(6)7-3-4-8(15-7)11(12)13/h3-4,6,9H,1-2,5,10H2. The minimum atomic E-state index is -0.386. The first-order valence-corrected chi connectivity index (χ1v) is 5.61. The fourth-order valence-corrected chi connectivity index (χ4v) is 2.64. The van der Waals surface area contributed by atoms with Crippen LogP contribution in [0.15, 0.2) is 12.1 Å². The van der Waals surface area contributed by atoms with Crippen LogP contribution >= 0.6 is 11.3 Å². The Morgan fingerprint density at radius 1 is 1.60 bits per heavy atom. The zero-order chi connectivity index (χ0) is 10.8. The minimum absolute atomic E-state index is 0.0444. The van der Waals surface area contributed by atoms with E-state index in [0.29, 0.717) is 6.61 Å². The van der Waals surface area contributed by atoms with E-state index in [1.165, 1.54) is 6.07 Å². The summed E-state index contributed by atoms with van der Waals surface area (Å²) in [6.07, 6.45) is 1.71. The van der Waals surface area contributed by atoms with Gasteiger partial charge < -0.3 is 10.5 Å². The SMILES string of the molecule is NC1CCCOC1c1ccc([N+](=O)[O-])s1. The fourth-order valence-electron chi connectivity index (χ4n) is 1.69. The highest BCUT2D eigenvalue weighted by Gasteiger charge is 2.27. The van der Waals surface area contributed by atoms with Crippen molar-refractivity contribution in [3.63, 3.8) is 0 Å². The summed E-state index contributed by atoms with van der Waals surface area (Å²) in [5.74, 6) is 0. The van der Waals surface area contributed by atoms with Crippen LogP contribution in [0.1, 0.15) is 23.8 Å². The van der Waals surface area contributed by atoms with Crippen LogP contribution in [0.25, 0.3) is 0 Å². The lowest BCUT2D eigenvalue weighted by Crippen LogP contribution is -2.33. The van der Waals surface area contributed by atoms with Crippen molar-refractivity contribution < 1.29 is 9.66 Å². The number of thiophene rings is 1. The molecule has 0 aromatic carbocycles. The number of ether oxygens (including phenoxy) is 1. The molecule has 0 bridgehead atoms. The second kappa shape index (κ2) is 4.26. The monoisotopic (exact) mass is 228 g/mol. The summed E-state index contributed by atoms with van der Waals surface area (Å²) >= 11 is 1.15. The Morgan fingerprint density at radius 3 is 3.00 bits per heavy atom. The Morgan fingerprint density at radius 2 is 2.40 bits per heavy atom. The Labute approximate surface area is 91.0 Å². The lowest BCUT2D eigenvalue weighted by molar-refractivity contribution is -0.380. The van der Waals surface area contributed by atoms with Crippen molar-refractivity contribution >= 4 is 16.3 Å². The molecule has 2 unspecified atom stereocenters. The molecule has 1 fully saturated rings. The van der Waals surface area contributed by atoms with E-state index in [-0.39, 0.29) is 22.1 Å². The van der Waals surface area contributed by atoms with Crippen molar-refractivity contribution in [2.45, 2.75) is 25.0 Å². The molecule has 0 aliphatic carbocycles. The van der Waals surface area contributed by atoms with Gasteiger partial charge >= 0.3 is 5.00 Å². The predicted molar refractivity (Wildman–Crippen MR) is 56.9 cm³/mol. The molecule has 1 aromatic rings. The maximum absolute atomic E-state index is 10.5. The number of nitro groups is 1. The summed E-state index contributed by atoms with van der Waals surface area (Å²) in [4.78, 5) is 11.0. The van der Waals surface area contributed by atoms with Crippen molar-refractivity contribution in [2.75, 3.05) is 6.61 Å². The van der Waals surface area contributed by atoms with Gasteiger partial charge in [-0.05, 0) is 18.9 Å². The maximum Gasteiger partial charge on any atom is 0.324 e. The van der Waals surface area contributed by atoms with Gasteiger partial charge in [-0.15, -0.1) is 0 Å². The highest BCUT2D eigenvalue weighted by atomic mass is 32.1. The Kier molecular flexibility index (Phi) is 2.99. The molecular formula is C9H12N2O3S. The zero-order valence-electron chi connectivity index (χ0n) is 8.09. The molecule has 6 heteroatoms. The number of nitrogens with two attached hydrogens (primary N) is 1. The zero-order valence-corrected chi connectivity index (χ0v) is 8.90. The molecule has 2 atom stereocenters. The van der Waals surface area contributed by atoms with Gasteiger partial charge in [0.25, 0.3) is 0 Å². The molecule has 1 aliphatic heterocycles. The Balaban J connectivity index is 2.17. The Hall–Kier alpha value is -0.980. The van der Waals surface area contributed by atoms with Gasteiger partial charge in [0, 0.05) is 23.6 Å². The summed E-state index contributed by atoms with van der Waals surface area (Å²) in [6.45, 7) is 0.685. The van der Waals surface area contributed by atoms with Gasteiger partial charge in [-0.2, -0.15) is 0 Å². The van der Waals surface area contributed by atoms with Gasteiger partial charge in [0.15, 0.2) is 0 Å². The quantitative estimate of drug-likeness (QED) is 0.618. The molecule has 2 N–H and O–H groups in total. The summed E-state index contributed by atoms with van der Waals surface area (Å²) < 4.78 is 5.53. The second-order valence-electron chi connectivity index (χ2n) is 3.53. The number of hydrogen-bond acceptors (Lipinski definition) is 5. The third kappa shape index (κ3) is 2.17. The third-order valence-corrected chi connectivity index (χ3v) is 3.54. The molecule has 0 spiro atoms. The first kappa shape index (κ1) is 10.5. The van der Waals surface area contributed by atoms with Crippen LogP contribution < -0.4 is 5.73 Å². The molecule has 5 nitrogen and oxygen atoms in total. The highest BCUT2D eigenvalue weighted by Crippen LogP contribution is 2.34. The van der Waals surface area contributed by atoms with Gasteiger partial charge in [-0.25, -0.2) is 0 Å². The summed E-state index contributed by atoms with van der Waals surface area (Å²) in [6, 6.07) is 3.19. The van der Waals surface area contributed by atoms with Gasteiger partial charge in [-0.3, -0.25) is 10.1 Å². The molecule has 2 heterocycles. The summed E-state index contributed by atoms with van der Waals surface area (Å²) in [7, 11) is 0. The molecule has 15 heavy (non-hydrogen) atoms. The molecule has 0 radical (unpaired) electrons. The van der Waals surface area contributed by atoms with E-state index >= 15 is 0 Å². The molecule has 0 saturated carbocycles. The van der Waals surface area contributed by atoms with E-state index in [0.717, 1.165) is 29.1 Å². The van der Waals surface area contributed by atoms with Crippen molar-refractivity contribution in [3.05, 3.63) is 27.1 Å². The molecule has 1 saturated heterocycles. The number of rotatable bonds is 2. The van der Waals surface area contributed by atoms with E-state index in [9.17, 15) is 10.1 Å². The maximum atomic E-state index is 10.5. The smallest absolute Gasteiger partial charge is 0.324 e. The summed E-state index contributed by atoms with van der Waals surface area (Å²) in [5.41, 5.74) is 5.91. The van der Waals surface area contributed by atoms with Crippen LogP contribution in [0.4, 0.5) is 5.00 Å². The minimum Gasteiger partial charge on any atom is -0.371 e. The average molecular weight is 228 g/mol. The van der Waals surface area contributed by atoms with Crippen LogP contribution in [-0.4, -0.2) is 17.6 Å². The molecule has 1 aromatic heterocycles. The molecule has 82 valence electrons. The number of nitrogens with zero attached hydrogens (tertiary/aromatic N) is 1. The van der Waals surface area contributed by atoms with Crippen molar-refractivity contribution in [2.24, 2.45) is 5.73 Å². The van der Waals surface area contributed by atoms with E-state index in [4.69, 9.17) is 10.5 Å². The normalized spacial score (nSPS) is 26.5. The largest absolute Gasteiger partial charge is 0.371 e. The second-order valence-corrected chi connectivity index (χ2v) is 4.62. The molecule has 1 aliphatic rings. The number of hydrogen-bond donors (Lipinski definition) is 1. The lowest BCUT2D eigenvalue weighted by Gasteiger charge is -2.27. The van der Waals surface area contributed by atoms with Gasteiger partial charge in [-0.1, -0.05) is 11.3 Å². The van der Waals surface area contributed by atoms with Crippen molar-refractivity contribution in [1.82, 2.24) is 0 Å². The van der Waals surface area contributed by atoms with Crippen LogP contribution in [-0.2, 0) is 4.74 Å². The fraction of sp³-hybridized carbons (Fsp3) is 0.556. The lowest BCUT2D eigenvalue weighted by atomic mass is 10.0. The highest BCUT2D eigenvalue weighted by molar-refractivity contribution is 7.15. The predicted octanol–water partition coefficient (Wildman–Crippen LogP) is 1.84. The van der Waals surface area contributed by atoms with Crippen LogP contribution in [0.5, 0.6) is 0 Å². The summed E-state index contributed by atoms with van der Waals surface area (Å²) in [5, 5.41) is 10.7. The van der Waals surface area contributed by atoms with Crippen LogP contribution in [0, 0.1) is 10.1 Å². The van der Waals surface area contributed by atoms with E-state index in [1.54, 1.807) is 6.07 Å². The molecule has 0 amide bonds. The van der Waals surface area contributed by atoms with Crippen molar-refractivity contribution in [3.8, 4) is 0 Å². The third-order valence-electron chi connectivity index (χ3n) is 2.44. The first-order valence-electron chi connectivity index (χ1n) is 4.80. The van der Waals surface area contributed by atoms with Crippen molar-refractivity contribution in [1.29, 1.82) is 0 Å².